The van der Waals surface area contributed by atoms with Crippen LogP contribution in [0.25, 0.3) is 0 Å². The number of rotatable bonds is 3. The van der Waals surface area contributed by atoms with Gasteiger partial charge in [-0.15, -0.1) is 0 Å². The number of nitrogens with zero attached hydrogens (tertiary/aromatic N) is 1. The average molecular weight is 273 g/mol. The van der Waals surface area contributed by atoms with E-state index in [1.165, 1.54) is 57.1 Å². The minimum atomic E-state index is -0.0555. The van der Waals surface area contributed by atoms with Gasteiger partial charge in [0.05, 0.1) is 0 Å². The van der Waals surface area contributed by atoms with Crippen LogP contribution in [-0.2, 0) is 4.74 Å². The highest BCUT2D eigenvalue weighted by atomic mass is 16.5. The standard InChI is InChI=1S/C18H27NO/c1-20-18(16-10-4-2-5-11-16)14-8-9-15-19(18)17-12-6-3-7-13-17/h3,6-7,12-13,16H,2,4-5,8-11,14-15H2,1H3. The summed E-state index contributed by atoms with van der Waals surface area (Å²) in [4.78, 5) is 2.56. The maximum absolute atomic E-state index is 6.21. The number of hydrogen-bond donors (Lipinski definition) is 0. The predicted molar refractivity (Wildman–Crippen MR) is 84.0 cm³/mol. The summed E-state index contributed by atoms with van der Waals surface area (Å²) in [5.74, 6) is 0.696. The molecule has 1 unspecified atom stereocenters. The van der Waals surface area contributed by atoms with Gasteiger partial charge < -0.3 is 9.64 Å². The molecule has 0 aromatic heterocycles. The normalized spacial score (nSPS) is 28.6. The van der Waals surface area contributed by atoms with Crippen LogP contribution in [0.3, 0.4) is 0 Å². The van der Waals surface area contributed by atoms with Gasteiger partial charge >= 0.3 is 0 Å². The van der Waals surface area contributed by atoms with E-state index in [2.05, 4.69) is 35.2 Å². The monoisotopic (exact) mass is 273 g/mol. The quantitative estimate of drug-likeness (QED) is 0.798. The van der Waals surface area contributed by atoms with E-state index in [-0.39, 0.29) is 5.72 Å². The van der Waals surface area contributed by atoms with Crippen LogP contribution in [0.4, 0.5) is 5.69 Å². The highest BCUT2D eigenvalue weighted by molar-refractivity contribution is 5.49. The van der Waals surface area contributed by atoms with Crippen molar-refractivity contribution in [1.29, 1.82) is 0 Å². The Hall–Kier alpha value is -1.02. The van der Waals surface area contributed by atoms with Crippen molar-refractivity contribution in [2.45, 2.75) is 57.1 Å². The molecule has 0 N–H and O–H groups in total. The Kier molecular flexibility index (Phi) is 4.30. The fourth-order valence-corrected chi connectivity index (χ4v) is 4.29. The number of para-hydroxylation sites is 1. The smallest absolute Gasteiger partial charge is 0.143 e. The molecule has 0 amide bonds. The van der Waals surface area contributed by atoms with Crippen LogP contribution < -0.4 is 4.90 Å². The van der Waals surface area contributed by atoms with Crippen molar-refractivity contribution in [1.82, 2.24) is 0 Å². The third-order valence-electron chi connectivity index (χ3n) is 5.29. The molecule has 0 bridgehead atoms. The van der Waals surface area contributed by atoms with Crippen molar-refractivity contribution in [3.8, 4) is 0 Å². The topological polar surface area (TPSA) is 12.5 Å². The lowest BCUT2D eigenvalue weighted by Crippen LogP contribution is -2.58. The van der Waals surface area contributed by atoms with Gasteiger partial charge in [0, 0.05) is 25.3 Å². The molecule has 2 heteroatoms. The van der Waals surface area contributed by atoms with Crippen molar-refractivity contribution < 1.29 is 4.74 Å². The zero-order valence-corrected chi connectivity index (χ0v) is 12.7. The third kappa shape index (κ3) is 2.46. The van der Waals surface area contributed by atoms with E-state index in [0.717, 1.165) is 6.54 Å². The second-order valence-corrected chi connectivity index (χ2v) is 6.33. The molecule has 2 nitrogen and oxygen atoms in total. The maximum atomic E-state index is 6.21. The van der Waals surface area contributed by atoms with Crippen LogP contribution in [0.1, 0.15) is 51.4 Å². The molecule has 1 aliphatic heterocycles. The fourth-order valence-electron chi connectivity index (χ4n) is 4.29. The third-order valence-corrected chi connectivity index (χ3v) is 5.29. The zero-order chi connectivity index (χ0) is 13.8. The molecule has 1 aliphatic carbocycles. The minimum Gasteiger partial charge on any atom is -0.359 e. The van der Waals surface area contributed by atoms with Crippen LogP contribution in [0.5, 0.6) is 0 Å². The lowest BCUT2D eigenvalue weighted by molar-refractivity contribution is -0.0870. The largest absolute Gasteiger partial charge is 0.359 e. The van der Waals surface area contributed by atoms with E-state index in [4.69, 9.17) is 4.74 Å². The molecule has 20 heavy (non-hydrogen) atoms. The predicted octanol–water partition coefficient (Wildman–Crippen LogP) is 4.60. The Balaban J connectivity index is 1.92. The number of anilines is 1. The van der Waals surface area contributed by atoms with Crippen molar-refractivity contribution in [2.24, 2.45) is 5.92 Å². The van der Waals surface area contributed by atoms with E-state index in [9.17, 15) is 0 Å². The van der Waals surface area contributed by atoms with Crippen LogP contribution in [0.15, 0.2) is 30.3 Å². The second kappa shape index (κ2) is 6.17. The molecule has 1 saturated heterocycles. The van der Waals surface area contributed by atoms with Gasteiger partial charge in [-0.1, -0.05) is 37.5 Å². The Labute approximate surface area is 123 Å². The summed E-state index contributed by atoms with van der Waals surface area (Å²) in [5.41, 5.74) is 1.28. The number of piperidine rings is 1. The van der Waals surface area contributed by atoms with Gasteiger partial charge in [0.1, 0.15) is 5.72 Å². The first-order valence-electron chi connectivity index (χ1n) is 8.25. The van der Waals surface area contributed by atoms with Gasteiger partial charge in [-0.05, 0) is 44.2 Å². The molecule has 3 rings (SSSR count). The number of ether oxygens (including phenoxy) is 1. The van der Waals surface area contributed by atoms with Gasteiger partial charge in [-0.2, -0.15) is 0 Å². The summed E-state index contributed by atoms with van der Waals surface area (Å²) >= 11 is 0. The van der Waals surface area contributed by atoms with Crippen molar-refractivity contribution in [2.75, 3.05) is 18.6 Å². The van der Waals surface area contributed by atoms with Crippen molar-refractivity contribution in [3.05, 3.63) is 30.3 Å². The Bertz CT molecular complexity index is 413. The molecule has 110 valence electrons. The fraction of sp³-hybridized carbons (Fsp3) is 0.667. The van der Waals surface area contributed by atoms with Gasteiger partial charge in [0.25, 0.3) is 0 Å². The second-order valence-electron chi connectivity index (χ2n) is 6.33. The summed E-state index contributed by atoms with van der Waals surface area (Å²) in [6.07, 6.45) is 10.6. The molecule has 0 spiro atoms. The molecular weight excluding hydrogens is 246 g/mol. The van der Waals surface area contributed by atoms with Gasteiger partial charge in [-0.25, -0.2) is 0 Å². The van der Waals surface area contributed by atoms with E-state index in [1.807, 2.05) is 7.11 Å². The summed E-state index contributed by atoms with van der Waals surface area (Å²) in [6, 6.07) is 10.9. The molecule has 1 saturated carbocycles. The lowest BCUT2D eigenvalue weighted by atomic mass is 9.76. The number of hydrogen-bond acceptors (Lipinski definition) is 2. The molecule has 1 heterocycles. The van der Waals surface area contributed by atoms with Crippen molar-refractivity contribution >= 4 is 5.69 Å². The molecule has 1 atom stereocenters. The minimum absolute atomic E-state index is 0.0555. The Morgan fingerprint density at radius 2 is 1.75 bits per heavy atom. The first-order chi connectivity index (χ1) is 9.87. The van der Waals surface area contributed by atoms with E-state index < -0.39 is 0 Å². The molecule has 1 aromatic carbocycles. The Morgan fingerprint density at radius 1 is 1.00 bits per heavy atom. The number of benzene rings is 1. The highest BCUT2D eigenvalue weighted by Crippen LogP contribution is 2.44. The van der Waals surface area contributed by atoms with E-state index in [0.29, 0.717) is 5.92 Å². The molecule has 0 radical (unpaired) electrons. The molecular formula is C18H27NO. The van der Waals surface area contributed by atoms with Crippen molar-refractivity contribution in [3.63, 3.8) is 0 Å². The first-order valence-corrected chi connectivity index (χ1v) is 8.25. The summed E-state index contributed by atoms with van der Waals surface area (Å²) in [5, 5.41) is 0. The van der Waals surface area contributed by atoms with Crippen LogP contribution in [0.2, 0.25) is 0 Å². The van der Waals surface area contributed by atoms with Gasteiger partial charge in [0.2, 0.25) is 0 Å². The first kappa shape index (κ1) is 13.9. The summed E-state index contributed by atoms with van der Waals surface area (Å²) < 4.78 is 6.21. The van der Waals surface area contributed by atoms with Crippen LogP contribution in [0, 0.1) is 5.92 Å². The molecule has 2 aliphatic rings. The summed E-state index contributed by atoms with van der Waals surface area (Å²) in [6.45, 7) is 1.13. The Morgan fingerprint density at radius 3 is 2.45 bits per heavy atom. The lowest BCUT2D eigenvalue weighted by Gasteiger charge is -2.52. The van der Waals surface area contributed by atoms with Crippen LogP contribution >= 0.6 is 0 Å². The highest BCUT2D eigenvalue weighted by Gasteiger charge is 2.45. The summed E-state index contributed by atoms with van der Waals surface area (Å²) in [7, 11) is 1.93. The zero-order valence-electron chi connectivity index (χ0n) is 12.7. The van der Waals surface area contributed by atoms with Gasteiger partial charge in [-0.3, -0.25) is 0 Å². The average Bonchev–Trinajstić information content (AvgIpc) is 2.56. The van der Waals surface area contributed by atoms with E-state index in [1.54, 1.807) is 0 Å². The van der Waals surface area contributed by atoms with Crippen LogP contribution in [-0.4, -0.2) is 19.4 Å². The molecule has 1 aromatic rings. The van der Waals surface area contributed by atoms with Gasteiger partial charge in [0.15, 0.2) is 0 Å². The number of methoxy groups -OCH3 is 1. The molecule has 2 fully saturated rings. The maximum Gasteiger partial charge on any atom is 0.143 e. The SMILES string of the molecule is COC1(C2CCCCC2)CCCCN1c1ccccc1. The van der Waals surface area contributed by atoms with E-state index >= 15 is 0 Å².